The van der Waals surface area contributed by atoms with Crippen LogP contribution in [0.25, 0.3) is 0 Å². The molecule has 0 saturated carbocycles. The molecule has 1 saturated heterocycles. The Morgan fingerprint density at radius 2 is 1.91 bits per heavy atom. The number of thiophene rings is 1. The van der Waals surface area contributed by atoms with Crippen molar-refractivity contribution in [1.82, 2.24) is 4.90 Å². The van der Waals surface area contributed by atoms with Gasteiger partial charge in [-0.25, -0.2) is 8.42 Å². The van der Waals surface area contributed by atoms with E-state index in [4.69, 9.17) is 0 Å². The zero-order valence-corrected chi connectivity index (χ0v) is 14.2. The van der Waals surface area contributed by atoms with Crippen LogP contribution < -0.4 is 4.72 Å². The van der Waals surface area contributed by atoms with E-state index in [2.05, 4.69) is 4.72 Å². The van der Waals surface area contributed by atoms with Gasteiger partial charge in [0.15, 0.2) is 0 Å². The predicted octanol–water partition coefficient (Wildman–Crippen LogP) is 3.18. The van der Waals surface area contributed by atoms with Crippen LogP contribution in [-0.2, 0) is 10.0 Å². The van der Waals surface area contributed by atoms with Gasteiger partial charge in [0.2, 0.25) is 0 Å². The normalized spacial score (nSPS) is 15.4. The van der Waals surface area contributed by atoms with Gasteiger partial charge in [-0.05, 0) is 48.9 Å². The molecule has 1 fully saturated rings. The van der Waals surface area contributed by atoms with E-state index in [0.29, 0.717) is 11.3 Å². The number of hydrogen-bond acceptors (Lipinski definition) is 4. The number of rotatable bonds is 4. The van der Waals surface area contributed by atoms with Crippen molar-refractivity contribution in [2.75, 3.05) is 17.8 Å². The molecular formula is C16H18N2O3S2. The number of amides is 1. The Morgan fingerprint density at radius 1 is 1.13 bits per heavy atom. The number of carbonyl (C=O) groups is 1. The maximum Gasteiger partial charge on any atom is 0.262 e. The van der Waals surface area contributed by atoms with E-state index in [0.717, 1.165) is 32.4 Å². The molecule has 1 aliphatic rings. The average Bonchev–Trinajstić information content (AvgIpc) is 3.10. The summed E-state index contributed by atoms with van der Waals surface area (Å²) in [6.45, 7) is 1.54. The highest BCUT2D eigenvalue weighted by atomic mass is 32.2. The van der Waals surface area contributed by atoms with Crippen molar-refractivity contribution in [2.45, 2.75) is 24.2 Å². The first-order chi connectivity index (χ1) is 11.1. The van der Waals surface area contributed by atoms with Gasteiger partial charge in [-0.15, -0.1) is 0 Å². The Morgan fingerprint density at radius 3 is 2.61 bits per heavy atom. The number of likely N-dealkylation sites (tertiary alicyclic amines) is 1. The molecule has 1 aromatic carbocycles. The van der Waals surface area contributed by atoms with E-state index in [-0.39, 0.29) is 10.8 Å². The number of hydrogen-bond donors (Lipinski definition) is 1. The molecule has 0 atom stereocenters. The monoisotopic (exact) mass is 350 g/mol. The standard InChI is InChI=1S/C16H18N2O3S2/c19-16(18-8-2-1-3-9-18)13-5-4-6-14(11-13)17-23(20,21)15-7-10-22-12-15/h4-7,10-12,17H,1-3,8-9H2. The fraction of sp³-hybridized carbons (Fsp3) is 0.312. The van der Waals surface area contributed by atoms with Crippen LogP contribution in [0.15, 0.2) is 46.0 Å². The van der Waals surface area contributed by atoms with Gasteiger partial charge in [0, 0.05) is 29.7 Å². The summed E-state index contributed by atoms with van der Waals surface area (Å²) in [5, 5.41) is 3.29. The molecule has 2 heterocycles. The molecule has 1 amide bonds. The summed E-state index contributed by atoms with van der Waals surface area (Å²) in [4.78, 5) is 14.6. The summed E-state index contributed by atoms with van der Waals surface area (Å²) in [5.74, 6) is -0.0405. The molecule has 1 N–H and O–H groups in total. The quantitative estimate of drug-likeness (QED) is 0.921. The minimum Gasteiger partial charge on any atom is -0.339 e. The predicted molar refractivity (Wildman–Crippen MR) is 91.3 cm³/mol. The van der Waals surface area contributed by atoms with Gasteiger partial charge >= 0.3 is 0 Å². The molecule has 0 unspecified atom stereocenters. The zero-order chi connectivity index (χ0) is 16.3. The third-order valence-corrected chi connectivity index (χ3v) is 6.02. The van der Waals surface area contributed by atoms with Crippen molar-refractivity contribution in [3.8, 4) is 0 Å². The minimum absolute atomic E-state index is 0.0405. The molecule has 5 nitrogen and oxygen atoms in total. The minimum atomic E-state index is -3.60. The number of anilines is 1. The maximum absolute atomic E-state index is 12.5. The van der Waals surface area contributed by atoms with E-state index in [9.17, 15) is 13.2 Å². The van der Waals surface area contributed by atoms with Crippen LogP contribution in [0.5, 0.6) is 0 Å². The van der Waals surface area contributed by atoms with Crippen LogP contribution in [0.2, 0.25) is 0 Å². The topological polar surface area (TPSA) is 66.5 Å². The van der Waals surface area contributed by atoms with Crippen LogP contribution in [-0.4, -0.2) is 32.3 Å². The second-order valence-electron chi connectivity index (χ2n) is 5.50. The summed E-state index contributed by atoms with van der Waals surface area (Å²) in [6, 6.07) is 8.22. The van der Waals surface area contributed by atoms with Crippen LogP contribution in [0.3, 0.4) is 0 Å². The number of nitrogens with zero attached hydrogens (tertiary/aromatic N) is 1. The largest absolute Gasteiger partial charge is 0.339 e. The van der Waals surface area contributed by atoms with E-state index in [1.807, 2.05) is 4.90 Å². The van der Waals surface area contributed by atoms with E-state index < -0.39 is 10.0 Å². The number of piperidine rings is 1. The zero-order valence-electron chi connectivity index (χ0n) is 12.6. The highest BCUT2D eigenvalue weighted by Gasteiger charge is 2.19. The molecule has 3 rings (SSSR count). The second kappa shape index (κ2) is 6.72. The molecule has 0 aliphatic carbocycles. The highest BCUT2D eigenvalue weighted by molar-refractivity contribution is 7.92. The Kier molecular flexibility index (Phi) is 4.68. The van der Waals surface area contributed by atoms with Crippen molar-refractivity contribution in [3.63, 3.8) is 0 Å². The Labute approximate surface area is 140 Å². The molecule has 7 heteroatoms. The van der Waals surface area contributed by atoms with Gasteiger partial charge in [0.1, 0.15) is 0 Å². The first-order valence-corrected chi connectivity index (χ1v) is 9.93. The number of benzene rings is 1. The molecule has 23 heavy (non-hydrogen) atoms. The lowest BCUT2D eigenvalue weighted by molar-refractivity contribution is 0.0724. The number of carbonyl (C=O) groups excluding carboxylic acids is 1. The van der Waals surface area contributed by atoms with Crippen molar-refractivity contribution in [2.24, 2.45) is 0 Å². The van der Waals surface area contributed by atoms with Crippen molar-refractivity contribution in [3.05, 3.63) is 46.7 Å². The van der Waals surface area contributed by atoms with Gasteiger partial charge in [-0.3, -0.25) is 9.52 Å². The fourth-order valence-corrected chi connectivity index (χ4v) is 4.69. The fourth-order valence-electron chi connectivity index (χ4n) is 2.61. The third-order valence-electron chi connectivity index (χ3n) is 3.81. The first kappa shape index (κ1) is 16.0. The molecule has 122 valence electrons. The molecule has 1 aliphatic heterocycles. The van der Waals surface area contributed by atoms with E-state index in [1.54, 1.807) is 41.1 Å². The first-order valence-electron chi connectivity index (χ1n) is 7.51. The lowest BCUT2D eigenvalue weighted by atomic mass is 10.1. The molecule has 0 radical (unpaired) electrons. The van der Waals surface area contributed by atoms with E-state index >= 15 is 0 Å². The van der Waals surface area contributed by atoms with Crippen LogP contribution in [0, 0.1) is 0 Å². The third kappa shape index (κ3) is 3.73. The maximum atomic E-state index is 12.5. The number of nitrogens with one attached hydrogen (secondary N) is 1. The van der Waals surface area contributed by atoms with E-state index in [1.165, 1.54) is 11.3 Å². The van der Waals surface area contributed by atoms with Crippen LogP contribution in [0.4, 0.5) is 5.69 Å². The van der Waals surface area contributed by atoms with Gasteiger partial charge in [0.05, 0.1) is 4.90 Å². The molecular weight excluding hydrogens is 332 g/mol. The van der Waals surface area contributed by atoms with Gasteiger partial charge in [0.25, 0.3) is 15.9 Å². The number of sulfonamides is 1. The Bertz CT molecular complexity index is 779. The summed E-state index contributed by atoms with van der Waals surface area (Å²) in [7, 11) is -3.60. The highest BCUT2D eigenvalue weighted by Crippen LogP contribution is 2.20. The SMILES string of the molecule is O=C(c1cccc(NS(=O)(=O)c2ccsc2)c1)N1CCCCC1. The smallest absolute Gasteiger partial charge is 0.262 e. The summed E-state index contributed by atoms with van der Waals surface area (Å²) >= 11 is 1.32. The van der Waals surface area contributed by atoms with Crippen LogP contribution in [0.1, 0.15) is 29.6 Å². The molecule has 0 spiro atoms. The summed E-state index contributed by atoms with van der Waals surface area (Å²) < 4.78 is 27.0. The van der Waals surface area contributed by atoms with Gasteiger partial charge in [-0.2, -0.15) is 11.3 Å². The van der Waals surface area contributed by atoms with Crippen molar-refractivity contribution in [1.29, 1.82) is 0 Å². The van der Waals surface area contributed by atoms with Gasteiger partial charge < -0.3 is 4.90 Å². The molecule has 0 bridgehead atoms. The van der Waals surface area contributed by atoms with Crippen molar-refractivity contribution < 1.29 is 13.2 Å². The Balaban J connectivity index is 1.78. The van der Waals surface area contributed by atoms with Crippen molar-refractivity contribution >= 4 is 33.0 Å². The lowest BCUT2D eigenvalue weighted by Gasteiger charge is -2.26. The second-order valence-corrected chi connectivity index (χ2v) is 7.96. The lowest BCUT2D eigenvalue weighted by Crippen LogP contribution is -2.35. The summed E-state index contributed by atoms with van der Waals surface area (Å²) in [5.41, 5.74) is 0.913. The summed E-state index contributed by atoms with van der Waals surface area (Å²) in [6.07, 6.45) is 3.21. The van der Waals surface area contributed by atoms with Gasteiger partial charge in [-0.1, -0.05) is 6.07 Å². The molecule has 1 aromatic heterocycles. The molecule has 2 aromatic rings. The Hall–Kier alpha value is -1.86. The van der Waals surface area contributed by atoms with Crippen LogP contribution >= 0.6 is 11.3 Å². The average molecular weight is 350 g/mol.